The van der Waals surface area contributed by atoms with Crippen LogP contribution in [-0.4, -0.2) is 44.0 Å². The average Bonchev–Trinajstić information content (AvgIpc) is 2.74. The zero-order valence-corrected chi connectivity index (χ0v) is 21.9. The van der Waals surface area contributed by atoms with Gasteiger partial charge >= 0.3 is 12.1 Å². The van der Waals surface area contributed by atoms with E-state index in [1.54, 1.807) is 52.0 Å². The number of alkyl carbamates (subject to hydrolysis) is 1. The summed E-state index contributed by atoms with van der Waals surface area (Å²) >= 11 is 12.3. The van der Waals surface area contributed by atoms with E-state index in [0.717, 1.165) is 11.1 Å². The van der Waals surface area contributed by atoms with Gasteiger partial charge in [-0.05, 0) is 58.9 Å². The van der Waals surface area contributed by atoms with Crippen LogP contribution in [0.5, 0.6) is 11.5 Å². The number of carbonyl (C=O) groups is 2. The highest BCUT2D eigenvalue weighted by Crippen LogP contribution is 2.41. The summed E-state index contributed by atoms with van der Waals surface area (Å²) in [6, 6.07) is 9.53. The Bertz CT molecular complexity index is 967. The molecule has 0 saturated heterocycles. The monoisotopic (exact) mass is 511 g/mol. The first kappa shape index (κ1) is 27.6. The summed E-state index contributed by atoms with van der Waals surface area (Å²) < 4.78 is 22.1. The molecule has 9 heteroatoms. The standard InChI is InChI=1S/C25H31Cl2NO6/c1-14(28-24(30)34-25(3,4)5)23(29)33-15(2)22(18-10-8-16(26)12-20(18)31-6)19-11-9-17(27)13-21(19)32-7/h8-15,22H,1-7H3,(H,28,30)/t14-,15-/m0/s1. The number of esters is 1. The quantitative estimate of drug-likeness (QED) is 0.438. The molecule has 0 fully saturated rings. The van der Waals surface area contributed by atoms with Crippen molar-refractivity contribution in [1.29, 1.82) is 0 Å². The fourth-order valence-electron chi connectivity index (χ4n) is 3.45. The molecule has 0 saturated carbocycles. The molecule has 0 bridgehead atoms. The van der Waals surface area contributed by atoms with Gasteiger partial charge in [-0.1, -0.05) is 35.3 Å². The molecule has 0 aromatic heterocycles. The Kier molecular flexibility index (Phi) is 9.47. The molecule has 1 N–H and O–H groups in total. The average molecular weight is 512 g/mol. The smallest absolute Gasteiger partial charge is 0.408 e. The molecule has 0 heterocycles. The third-order valence-electron chi connectivity index (χ3n) is 4.92. The van der Waals surface area contributed by atoms with Crippen LogP contribution in [0.3, 0.4) is 0 Å². The molecule has 0 aliphatic heterocycles. The lowest BCUT2D eigenvalue weighted by Gasteiger charge is -2.29. The van der Waals surface area contributed by atoms with Crippen LogP contribution in [0.4, 0.5) is 4.79 Å². The van der Waals surface area contributed by atoms with Crippen molar-refractivity contribution < 1.29 is 28.5 Å². The van der Waals surface area contributed by atoms with Crippen LogP contribution in [0, 0.1) is 0 Å². The number of benzene rings is 2. The molecule has 2 aromatic rings. The number of hydrogen-bond donors (Lipinski definition) is 1. The van der Waals surface area contributed by atoms with Gasteiger partial charge in [0.2, 0.25) is 0 Å². The van der Waals surface area contributed by atoms with E-state index in [2.05, 4.69) is 5.32 Å². The summed E-state index contributed by atoms with van der Waals surface area (Å²) in [7, 11) is 3.07. The lowest BCUT2D eigenvalue weighted by molar-refractivity contribution is -0.151. The maximum absolute atomic E-state index is 12.8. The third kappa shape index (κ3) is 7.43. The number of halogens is 2. The second-order valence-corrected chi connectivity index (χ2v) is 9.63. The van der Waals surface area contributed by atoms with Crippen molar-refractivity contribution in [2.75, 3.05) is 14.2 Å². The van der Waals surface area contributed by atoms with Crippen LogP contribution in [0.1, 0.15) is 51.7 Å². The summed E-state index contributed by atoms with van der Waals surface area (Å²) in [5.74, 6) is -0.0593. The molecule has 2 rings (SSSR count). The Hall–Kier alpha value is -2.64. The fourth-order valence-corrected chi connectivity index (χ4v) is 3.78. The van der Waals surface area contributed by atoms with Gasteiger partial charge in [0.1, 0.15) is 29.2 Å². The van der Waals surface area contributed by atoms with Crippen LogP contribution in [0.15, 0.2) is 36.4 Å². The van der Waals surface area contributed by atoms with Gasteiger partial charge < -0.3 is 24.3 Å². The Balaban J connectivity index is 2.38. The molecule has 0 aliphatic carbocycles. The summed E-state index contributed by atoms with van der Waals surface area (Å²) in [6.45, 7) is 8.49. The van der Waals surface area contributed by atoms with Gasteiger partial charge in [-0.15, -0.1) is 0 Å². The molecular weight excluding hydrogens is 481 g/mol. The van der Waals surface area contributed by atoms with Gasteiger partial charge in [0.25, 0.3) is 0 Å². The molecule has 0 radical (unpaired) electrons. The summed E-state index contributed by atoms with van der Waals surface area (Å²) in [5, 5.41) is 3.50. The van der Waals surface area contributed by atoms with Crippen LogP contribution in [0.2, 0.25) is 10.0 Å². The number of carbonyl (C=O) groups excluding carboxylic acids is 2. The molecule has 2 atom stereocenters. The molecule has 7 nitrogen and oxygen atoms in total. The van der Waals surface area contributed by atoms with Crippen molar-refractivity contribution >= 4 is 35.3 Å². The first-order chi connectivity index (χ1) is 15.9. The minimum absolute atomic E-state index is 0.489. The van der Waals surface area contributed by atoms with E-state index in [0.29, 0.717) is 21.5 Å². The largest absolute Gasteiger partial charge is 0.496 e. The normalized spacial score (nSPS) is 13.1. The number of amides is 1. The molecule has 0 unspecified atom stereocenters. The van der Waals surface area contributed by atoms with Gasteiger partial charge in [0.15, 0.2) is 0 Å². The molecular formula is C25H31Cl2NO6. The Morgan fingerprint density at radius 1 is 0.882 bits per heavy atom. The Morgan fingerprint density at radius 3 is 1.76 bits per heavy atom. The van der Waals surface area contributed by atoms with Crippen LogP contribution < -0.4 is 14.8 Å². The zero-order chi connectivity index (χ0) is 25.6. The van der Waals surface area contributed by atoms with E-state index >= 15 is 0 Å². The SMILES string of the molecule is COc1cc(Cl)ccc1C(c1ccc(Cl)cc1OC)[C@H](C)OC(=O)[C@H](C)NC(=O)OC(C)(C)C. The van der Waals surface area contributed by atoms with E-state index in [4.69, 9.17) is 42.1 Å². The van der Waals surface area contributed by atoms with E-state index < -0.39 is 35.7 Å². The third-order valence-corrected chi connectivity index (χ3v) is 5.39. The second-order valence-electron chi connectivity index (χ2n) is 8.76. The zero-order valence-electron chi connectivity index (χ0n) is 20.4. The van der Waals surface area contributed by atoms with E-state index in [1.165, 1.54) is 21.1 Å². The molecule has 1 amide bonds. The second kappa shape index (κ2) is 11.7. The van der Waals surface area contributed by atoms with Gasteiger partial charge in [-0.2, -0.15) is 0 Å². The van der Waals surface area contributed by atoms with Crippen LogP contribution in [0.25, 0.3) is 0 Å². The van der Waals surface area contributed by atoms with E-state index in [9.17, 15) is 9.59 Å². The number of methoxy groups -OCH3 is 2. The van der Waals surface area contributed by atoms with Crippen molar-refractivity contribution in [2.24, 2.45) is 0 Å². The number of ether oxygens (including phenoxy) is 4. The maximum atomic E-state index is 12.8. The fraction of sp³-hybridized carbons (Fsp3) is 0.440. The lowest BCUT2D eigenvalue weighted by atomic mass is 9.86. The minimum atomic E-state index is -0.933. The van der Waals surface area contributed by atoms with Crippen molar-refractivity contribution in [3.63, 3.8) is 0 Å². The van der Waals surface area contributed by atoms with Crippen LogP contribution in [-0.2, 0) is 14.3 Å². The van der Waals surface area contributed by atoms with Gasteiger partial charge in [0, 0.05) is 21.2 Å². The molecule has 186 valence electrons. The summed E-state index contributed by atoms with van der Waals surface area (Å²) in [5.41, 5.74) is 0.781. The lowest BCUT2D eigenvalue weighted by Crippen LogP contribution is -2.43. The highest BCUT2D eigenvalue weighted by Gasteiger charge is 2.32. The van der Waals surface area contributed by atoms with Crippen molar-refractivity contribution in [3.8, 4) is 11.5 Å². The Morgan fingerprint density at radius 2 is 1.35 bits per heavy atom. The number of rotatable bonds is 8. The Labute approximate surface area is 210 Å². The predicted molar refractivity (Wildman–Crippen MR) is 132 cm³/mol. The first-order valence-corrected chi connectivity index (χ1v) is 11.5. The van der Waals surface area contributed by atoms with Crippen molar-refractivity contribution in [2.45, 2.75) is 58.3 Å². The van der Waals surface area contributed by atoms with Gasteiger partial charge in [-0.3, -0.25) is 0 Å². The maximum Gasteiger partial charge on any atom is 0.408 e. The molecule has 34 heavy (non-hydrogen) atoms. The van der Waals surface area contributed by atoms with E-state index in [1.807, 2.05) is 12.1 Å². The number of nitrogens with one attached hydrogen (secondary N) is 1. The predicted octanol–water partition coefficient (Wildman–Crippen LogP) is 5.99. The molecule has 2 aromatic carbocycles. The van der Waals surface area contributed by atoms with Gasteiger partial charge in [0.05, 0.1) is 20.1 Å². The van der Waals surface area contributed by atoms with Crippen LogP contribution >= 0.6 is 23.2 Å². The van der Waals surface area contributed by atoms with Gasteiger partial charge in [-0.25, -0.2) is 9.59 Å². The molecule has 0 aliphatic rings. The summed E-state index contributed by atoms with van der Waals surface area (Å²) in [6.07, 6.45) is -1.39. The highest BCUT2D eigenvalue weighted by molar-refractivity contribution is 6.31. The molecule has 0 spiro atoms. The summed E-state index contributed by atoms with van der Waals surface area (Å²) in [4.78, 5) is 24.9. The van der Waals surface area contributed by atoms with E-state index in [-0.39, 0.29) is 0 Å². The topological polar surface area (TPSA) is 83.1 Å². The minimum Gasteiger partial charge on any atom is -0.496 e. The van der Waals surface area contributed by atoms with Crippen molar-refractivity contribution in [3.05, 3.63) is 57.6 Å². The first-order valence-electron chi connectivity index (χ1n) is 10.7. The number of hydrogen-bond acceptors (Lipinski definition) is 6. The highest BCUT2D eigenvalue weighted by atomic mass is 35.5. The van der Waals surface area contributed by atoms with Crippen molar-refractivity contribution in [1.82, 2.24) is 5.32 Å².